The van der Waals surface area contributed by atoms with Crippen LogP contribution in [0.4, 0.5) is 14.9 Å². The lowest BCUT2D eigenvalue weighted by molar-refractivity contribution is -0.558. The topological polar surface area (TPSA) is 85.3 Å². The second kappa shape index (κ2) is 11.7. The van der Waals surface area contributed by atoms with Crippen molar-refractivity contribution in [3.05, 3.63) is 88.9 Å². The third-order valence-corrected chi connectivity index (χ3v) is 5.20. The summed E-state index contributed by atoms with van der Waals surface area (Å²) < 4.78 is 16.4. The van der Waals surface area contributed by atoms with Crippen molar-refractivity contribution in [2.75, 3.05) is 18.9 Å². The molecule has 2 aromatic rings. The molecule has 0 radical (unpaired) electrons. The maximum atomic E-state index is 14.7. The van der Waals surface area contributed by atoms with Gasteiger partial charge in [0.25, 0.3) is 5.91 Å². The third kappa shape index (κ3) is 6.70. The fourth-order valence-electron chi connectivity index (χ4n) is 3.18. The monoisotopic (exact) mass is 480 g/mol. The predicted molar refractivity (Wildman–Crippen MR) is 131 cm³/mol. The highest BCUT2D eigenvalue weighted by Gasteiger charge is 2.26. The number of benzene rings is 2. The number of halogens is 2. The van der Waals surface area contributed by atoms with Gasteiger partial charge in [0.2, 0.25) is 5.71 Å². The zero-order valence-corrected chi connectivity index (χ0v) is 19.2. The van der Waals surface area contributed by atoms with Gasteiger partial charge in [-0.3, -0.25) is 4.79 Å². The number of carbonyl (C=O) groups is 2. The van der Waals surface area contributed by atoms with Crippen molar-refractivity contribution in [3.8, 4) is 12.3 Å². The number of nitrogens with one attached hydrogen (secondary N) is 4. The summed E-state index contributed by atoms with van der Waals surface area (Å²) in [6.07, 6.45) is 8.48. The van der Waals surface area contributed by atoms with Gasteiger partial charge in [-0.25, -0.2) is 9.18 Å². The highest BCUT2D eigenvalue weighted by molar-refractivity contribution is 6.30. The van der Waals surface area contributed by atoms with Gasteiger partial charge in [-0.2, -0.15) is 5.43 Å². The Morgan fingerprint density at radius 3 is 2.50 bits per heavy atom. The lowest BCUT2D eigenvalue weighted by Crippen LogP contribution is -2.42. The maximum Gasteiger partial charge on any atom is 0.320 e. The second-order valence-electron chi connectivity index (χ2n) is 7.34. The minimum atomic E-state index is -1.06. The Labute approximate surface area is 202 Å². The smallest absolute Gasteiger partial charge is 0.320 e. The minimum Gasteiger partial charge on any atom is -0.322 e. The van der Waals surface area contributed by atoms with Gasteiger partial charge in [0.1, 0.15) is 12.6 Å². The van der Waals surface area contributed by atoms with Crippen molar-refractivity contribution in [2.24, 2.45) is 0 Å². The molecular formula is C25H24ClFN5O2+. The van der Waals surface area contributed by atoms with Crippen molar-refractivity contribution in [2.45, 2.75) is 12.5 Å². The van der Waals surface area contributed by atoms with Crippen LogP contribution in [0, 0.1) is 12.3 Å². The van der Waals surface area contributed by atoms with Crippen molar-refractivity contribution >= 4 is 34.9 Å². The Hall–Kier alpha value is -4.09. The van der Waals surface area contributed by atoms with E-state index in [1.807, 2.05) is 0 Å². The van der Waals surface area contributed by atoms with Gasteiger partial charge < -0.3 is 16.0 Å². The number of nitrogens with zero attached hydrogens (tertiary/aromatic N) is 1. The zero-order chi connectivity index (χ0) is 24.5. The minimum absolute atomic E-state index is 0.0277. The van der Waals surface area contributed by atoms with Crippen LogP contribution in [0.25, 0.3) is 0 Å². The van der Waals surface area contributed by atoms with Gasteiger partial charge >= 0.3 is 6.03 Å². The Morgan fingerprint density at radius 2 is 1.85 bits per heavy atom. The van der Waals surface area contributed by atoms with Crippen LogP contribution in [0.2, 0.25) is 5.02 Å². The van der Waals surface area contributed by atoms with Crippen molar-refractivity contribution in [1.82, 2.24) is 16.1 Å². The van der Waals surface area contributed by atoms with Gasteiger partial charge in [-0.05, 0) is 35.9 Å². The normalized spacial score (nSPS) is 15.1. The van der Waals surface area contributed by atoms with Gasteiger partial charge in [0.05, 0.1) is 12.1 Å². The maximum absolute atomic E-state index is 14.7. The molecule has 7 nitrogen and oxygen atoms in total. The van der Waals surface area contributed by atoms with Crippen LogP contribution in [0.3, 0.4) is 0 Å². The van der Waals surface area contributed by atoms with Crippen LogP contribution in [-0.4, -0.2) is 35.9 Å². The molecule has 1 unspecified atom stereocenters. The first-order valence-electron chi connectivity index (χ1n) is 10.4. The summed E-state index contributed by atoms with van der Waals surface area (Å²) in [7, 11) is 1.72. The largest absolute Gasteiger partial charge is 0.322 e. The highest BCUT2D eigenvalue weighted by Crippen LogP contribution is 2.20. The van der Waals surface area contributed by atoms with Crippen molar-refractivity contribution in [3.63, 3.8) is 0 Å². The number of hydrazine groups is 1. The third-order valence-electron chi connectivity index (χ3n) is 4.95. The molecule has 0 aromatic heterocycles. The van der Waals surface area contributed by atoms with E-state index >= 15 is 0 Å². The average molecular weight is 481 g/mol. The first kappa shape index (κ1) is 24.6. The SMILES string of the molecule is C#CCN[N+](C)=C1C=C(F)C(NC(=O)C(NC(=O)Nc2ccc(Cl)cc2)c2ccccc2)=CC1. The molecular weight excluding hydrogens is 457 g/mol. The van der Waals surface area contributed by atoms with Crippen molar-refractivity contribution in [1.29, 1.82) is 0 Å². The van der Waals surface area contributed by atoms with Crippen LogP contribution in [0.1, 0.15) is 18.0 Å². The number of anilines is 1. The van der Waals surface area contributed by atoms with Crippen LogP contribution >= 0.6 is 11.6 Å². The fourth-order valence-corrected chi connectivity index (χ4v) is 3.31. The molecule has 2 aromatic carbocycles. The van der Waals surface area contributed by atoms with Crippen LogP contribution in [0.5, 0.6) is 0 Å². The Morgan fingerprint density at radius 1 is 1.15 bits per heavy atom. The molecule has 0 saturated carbocycles. The zero-order valence-electron chi connectivity index (χ0n) is 18.4. The number of terminal acetylenes is 1. The Kier molecular flexibility index (Phi) is 8.43. The van der Waals surface area contributed by atoms with Crippen LogP contribution in [-0.2, 0) is 4.79 Å². The average Bonchev–Trinajstić information content (AvgIpc) is 2.84. The van der Waals surface area contributed by atoms with Gasteiger partial charge in [-0.15, -0.1) is 11.1 Å². The quantitative estimate of drug-likeness (QED) is 0.277. The number of rotatable bonds is 7. The van der Waals surface area contributed by atoms with E-state index in [4.69, 9.17) is 18.0 Å². The summed E-state index contributed by atoms with van der Waals surface area (Å²) in [4.78, 5) is 25.7. The predicted octanol–water partition coefficient (Wildman–Crippen LogP) is 3.68. The van der Waals surface area contributed by atoms with Crippen molar-refractivity contribution < 1.29 is 18.7 Å². The number of hydrogen-bond acceptors (Lipinski definition) is 3. The molecule has 1 aliphatic carbocycles. The Bertz CT molecular complexity index is 1180. The van der Waals surface area contributed by atoms with E-state index < -0.39 is 23.8 Å². The fraction of sp³-hybridized carbons (Fsp3) is 0.160. The molecule has 3 amide bonds. The van der Waals surface area contributed by atoms with E-state index in [1.165, 1.54) is 6.08 Å². The van der Waals surface area contributed by atoms with Gasteiger partial charge in [-0.1, -0.05) is 47.9 Å². The number of hydrogen-bond donors (Lipinski definition) is 4. The number of urea groups is 1. The molecule has 174 valence electrons. The molecule has 0 fully saturated rings. The highest BCUT2D eigenvalue weighted by atomic mass is 35.5. The summed E-state index contributed by atoms with van der Waals surface area (Å²) in [5.74, 6) is 1.25. The molecule has 3 rings (SSSR count). The molecule has 1 atom stereocenters. The summed E-state index contributed by atoms with van der Waals surface area (Å²) >= 11 is 5.87. The van der Waals surface area contributed by atoms with E-state index in [9.17, 15) is 14.0 Å². The first-order chi connectivity index (χ1) is 16.4. The van der Waals surface area contributed by atoms with E-state index in [-0.39, 0.29) is 5.70 Å². The first-order valence-corrected chi connectivity index (χ1v) is 10.8. The summed E-state index contributed by atoms with van der Waals surface area (Å²) in [6, 6.07) is 13.6. The number of hydrazone groups is 1. The molecule has 0 heterocycles. The lowest BCUT2D eigenvalue weighted by atomic mass is 10.0. The molecule has 4 N–H and O–H groups in total. The summed E-state index contributed by atoms with van der Waals surface area (Å²) in [5, 5.41) is 8.41. The molecule has 9 heteroatoms. The Balaban J connectivity index is 1.73. The molecule has 0 saturated heterocycles. The number of carbonyl (C=O) groups excluding carboxylic acids is 2. The second-order valence-corrected chi connectivity index (χ2v) is 7.78. The van der Waals surface area contributed by atoms with Crippen LogP contribution < -0.4 is 21.4 Å². The summed E-state index contributed by atoms with van der Waals surface area (Å²) in [6.45, 7) is 0.297. The molecule has 1 aliphatic rings. The number of amides is 3. The molecule has 0 bridgehead atoms. The molecule has 34 heavy (non-hydrogen) atoms. The van der Waals surface area contributed by atoms with E-state index in [0.29, 0.717) is 35.0 Å². The van der Waals surface area contributed by atoms with Gasteiger partial charge in [0.15, 0.2) is 12.9 Å². The molecule has 0 aliphatic heterocycles. The molecule has 0 spiro atoms. The van der Waals surface area contributed by atoms with E-state index in [1.54, 1.807) is 72.4 Å². The van der Waals surface area contributed by atoms with E-state index in [0.717, 1.165) is 0 Å². The lowest BCUT2D eigenvalue weighted by Gasteiger charge is -2.21. The standard InChI is InChI=1S/C25H23ClFN5O2/c1-3-15-28-32(2)20-13-14-22(21(27)16-20)30-24(33)23(17-7-5-4-6-8-17)31-25(34)29-19-11-9-18(26)10-12-19/h1,4-12,14,16,23,28H,13,15H2,2H3,(H2-,29,30,31,33,34)/p+1. The van der Waals surface area contributed by atoms with Crippen LogP contribution in [0.15, 0.2) is 78.3 Å². The van der Waals surface area contributed by atoms with E-state index in [2.05, 4.69) is 27.3 Å². The number of allylic oxidation sites excluding steroid dienone is 3. The summed E-state index contributed by atoms with van der Waals surface area (Å²) in [5.41, 5.74) is 4.65. The van der Waals surface area contributed by atoms with Gasteiger partial charge in [0, 0.05) is 16.8 Å².